The Hall–Kier alpha value is -1.46. The predicted octanol–water partition coefficient (Wildman–Crippen LogP) is 2.62. The monoisotopic (exact) mass is 300 g/mol. The number of pyridine rings is 1. The summed E-state index contributed by atoms with van der Waals surface area (Å²) in [5.74, 6) is 1.84. The Kier molecular flexibility index (Phi) is 3.84. The number of rotatable bonds is 3. The average molecular weight is 300 g/mol. The molecule has 2 aromatic rings. The summed E-state index contributed by atoms with van der Waals surface area (Å²) in [6.07, 6.45) is 7.79. The van der Waals surface area contributed by atoms with Crippen LogP contribution in [0.25, 0.3) is 11.2 Å². The van der Waals surface area contributed by atoms with Crippen molar-refractivity contribution in [2.75, 3.05) is 26.7 Å². The van der Waals surface area contributed by atoms with Crippen molar-refractivity contribution in [3.05, 3.63) is 24.2 Å². The fourth-order valence-electron chi connectivity index (χ4n) is 3.89. The molecule has 0 amide bonds. The molecule has 2 saturated heterocycles. The van der Waals surface area contributed by atoms with Gasteiger partial charge in [-0.2, -0.15) is 0 Å². The summed E-state index contributed by atoms with van der Waals surface area (Å²) in [6, 6.07) is 4.03. The van der Waals surface area contributed by atoms with Crippen molar-refractivity contribution in [2.24, 2.45) is 5.92 Å². The SMILES string of the molecule is CN1CCCC(Cc2nc3cccnc3n2C2CCCO2)C1. The van der Waals surface area contributed by atoms with Gasteiger partial charge in [-0.25, -0.2) is 9.97 Å². The fourth-order valence-corrected chi connectivity index (χ4v) is 3.89. The number of likely N-dealkylation sites (tertiary alicyclic amines) is 1. The van der Waals surface area contributed by atoms with Crippen LogP contribution in [0.4, 0.5) is 0 Å². The fraction of sp³-hybridized carbons (Fsp3) is 0.647. The average Bonchev–Trinajstić information content (AvgIpc) is 3.13. The van der Waals surface area contributed by atoms with E-state index in [4.69, 9.17) is 9.72 Å². The number of hydrogen-bond donors (Lipinski definition) is 0. The maximum Gasteiger partial charge on any atom is 0.162 e. The van der Waals surface area contributed by atoms with E-state index in [1.54, 1.807) is 0 Å². The second kappa shape index (κ2) is 5.97. The zero-order valence-corrected chi connectivity index (χ0v) is 13.2. The first-order valence-corrected chi connectivity index (χ1v) is 8.43. The molecule has 2 fully saturated rings. The Bertz CT molecular complexity index is 647. The molecule has 2 unspecified atom stereocenters. The lowest BCUT2D eigenvalue weighted by Gasteiger charge is -2.29. The lowest BCUT2D eigenvalue weighted by Crippen LogP contribution is -2.33. The van der Waals surface area contributed by atoms with Crippen molar-refractivity contribution in [1.29, 1.82) is 0 Å². The van der Waals surface area contributed by atoms with Crippen LogP contribution in [0.15, 0.2) is 18.3 Å². The lowest BCUT2D eigenvalue weighted by atomic mass is 9.95. The van der Waals surface area contributed by atoms with Gasteiger partial charge in [-0.15, -0.1) is 0 Å². The number of nitrogens with zero attached hydrogens (tertiary/aromatic N) is 4. The van der Waals surface area contributed by atoms with Crippen LogP contribution >= 0.6 is 0 Å². The second-order valence-corrected chi connectivity index (χ2v) is 6.69. The summed E-state index contributed by atoms with van der Waals surface area (Å²) in [7, 11) is 2.22. The van der Waals surface area contributed by atoms with Gasteiger partial charge in [0.15, 0.2) is 5.65 Å². The number of ether oxygens (including phenoxy) is 1. The van der Waals surface area contributed by atoms with Gasteiger partial charge in [-0.1, -0.05) is 0 Å². The number of aromatic nitrogens is 3. The third-order valence-corrected chi connectivity index (χ3v) is 4.91. The molecule has 5 nitrogen and oxygen atoms in total. The molecular formula is C17H24N4O. The predicted molar refractivity (Wildman–Crippen MR) is 85.7 cm³/mol. The Morgan fingerprint density at radius 1 is 1.32 bits per heavy atom. The molecule has 4 heterocycles. The van der Waals surface area contributed by atoms with Crippen LogP contribution in [0.3, 0.4) is 0 Å². The topological polar surface area (TPSA) is 43.2 Å². The molecule has 0 saturated carbocycles. The summed E-state index contributed by atoms with van der Waals surface area (Å²) in [5, 5.41) is 0. The first kappa shape index (κ1) is 14.2. The highest BCUT2D eigenvalue weighted by Gasteiger charge is 2.26. The smallest absolute Gasteiger partial charge is 0.162 e. The summed E-state index contributed by atoms with van der Waals surface area (Å²) >= 11 is 0. The normalized spacial score (nSPS) is 26.8. The molecule has 0 bridgehead atoms. The van der Waals surface area contributed by atoms with E-state index in [0.29, 0.717) is 5.92 Å². The summed E-state index contributed by atoms with van der Waals surface area (Å²) in [4.78, 5) is 11.9. The van der Waals surface area contributed by atoms with Gasteiger partial charge >= 0.3 is 0 Å². The molecule has 0 spiro atoms. The van der Waals surface area contributed by atoms with Crippen molar-refractivity contribution in [3.8, 4) is 0 Å². The number of fused-ring (bicyclic) bond motifs is 1. The van der Waals surface area contributed by atoms with Crippen LogP contribution in [0.2, 0.25) is 0 Å². The molecule has 0 N–H and O–H groups in total. The van der Waals surface area contributed by atoms with E-state index < -0.39 is 0 Å². The highest BCUT2D eigenvalue weighted by Crippen LogP contribution is 2.30. The molecule has 2 aliphatic rings. The van der Waals surface area contributed by atoms with Crippen LogP contribution in [-0.2, 0) is 11.2 Å². The largest absolute Gasteiger partial charge is 0.358 e. The zero-order chi connectivity index (χ0) is 14.9. The molecule has 2 atom stereocenters. The molecule has 118 valence electrons. The molecule has 5 heteroatoms. The van der Waals surface area contributed by atoms with Gasteiger partial charge in [-0.3, -0.25) is 4.57 Å². The first-order valence-electron chi connectivity index (χ1n) is 8.43. The summed E-state index contributed by atoms with van der Waals surface area (Å²) < 4.78 is 8.19. The molecule has 0 aromatic carbocycles. The molecule has 0 radical (unpaired) electrons. The third-order valence-electron chi connectivity index (χ3n) is 4.91. The molecule has 4 rings (SSSR count). The van der Waals surface area contributed by atoms with E-state index >= 15 is 0 Å². The lowest BCUT2D eigenvalue weighted by molar-refractivity contribution is 0.0561. The van der Waals surface area contributed by atoms with Gasteiger partial charge in [0.2, 0.25) is 0 Å². The first-order chi connectivity index (χ1) is 10.8. The molecular weight excluding hydrogens is 276 g/mol. The van der Waals surface area contributed by atoms with Crippen LogP contribution in [0.1, 0.15) is 37.7 Å². The van der Waals surface area contributed by atoms with Gasteiger partial charge in [0.1, 0.15) is 17.6 Å². The van der Waals surface area contributed by atoms with Crippen LogP contribution in [0, 0.1) is 5.92 Å². The molecule has 0 aliphatic carbocycles. The minimum Gasteiger partial charge on any atom is -0.358 e. The van der Waals surface area contributed by atoms with Gasteiger partial charge in [-0.05, 0) is 57.3 Å². The Morgan fingerprint density at radius 2 is 2.27 bits per heavy atom. The van der Waals surface area contributed by atoms with Crippen LogP contribution < -0.4 is 0 Å². The molecule has 2 aliphatic heterocycles. The maximum absolute atomic E-state index is 5.93. The minimum absolute atomic E-state index is 0.122. The van der Waals surface area contributed by atoms with Crippen molar-refractivity contribution in [3.63, 3.8) is 0 Å². The van der Waals surface area contributed by atoms with E-state index in [1.807, 2.05) is 12.3 Å². The van der Waals surface area contributed by atoms with Crippen LogP contribution in [-0.4, -0.2) is 46.2 Å². The van der Waals surface area contributed by atoms with Gasteiger partial charge < -0.3 is 9.64 Å². The minimum atomic E-state index is 0.122. The summed E-state index contributed by atoms with van der Waals surface area (Å²) in [6.45, 7) is 3.24. The molecule has 2 aromatic heterocycles. The standard InChI is InChI=1S/C17H24N4O/c1-20-9-3-5-13(12-20)11-15-19-14-6-2-8-18-17(14)21(15)16-7-4-10-22-16/h2,6,8,13,16H,3-5,7,9-12H2,1H3. The van der Waals surface area contributed by atoms with E-state index in [1.165, 1.54) is 25.9 Å². The molecule has 22 heavy (non-hydrogen) atoms. The second-order valence-electron chi connectivity index (χ2n) is 6.69. The van der Waals surface area contributed by atoms with Crippen LogP contribution in [0.5, 0.6) is 0 Å². The Morgan fingerprint density at radius 3 is 3.09 bits per heavy atom. The van der Waals surface area contributed by atoms with Gasteiger partial charge in [0.05, 0.1) is 0 Å². The van der Waals surface area contributed by atoms with E-state index in [-0.39, 0.29) is 6.23 Å². The van der Waals surface area contributed by atoms with E-state index in [0.717, 1.165) is 42.9 Å². The Labute approximate surface area is 131 Å². The van der Waals surface area contributed by atoms with Crippen molar-refractivity contribution in [2.45, 2.75) is 38.3 Å². The van der Waals surface area contributed by atoms with Gasteiger partial charge in [0, 0.05) is 25.8 Å². The van der Waals surface area contributed by atoms with E-state index in [2.05, 4.69) is 27.6 Å². The highest BCUT2D eigenvalue weighted by molar-refractivity contribution is 5.71. The van der Waals surface area contributed by atoms with Crippen molar-refractivity contribution >= 4 is 11.2 Å². The highest BCUT2D eigenvalue weighted by atomic mass is 16.5. The van der Waals surface area contributed by atoms with Crippen molar-refractivity contribution in [1.82, 2.24) is 19.4 Å². The maximum atomic E-state index is 5.93. The number of imidazole rings is 1. The summed E-state index contributed by atoms with van der Waals surface area (Å²) in [5.41, 5.74) is 1.98. The Balaban J connectivity index is 1.68. The zero-order valence-electron chi connectivity index (χ0n) is 13.2. The van der Waals surface area contributed by atoms with Gasteiger partial charge in [0.25, 0.3) is 0 Å². The number of piperidine rings is 1. The van der Waals surface area contributed by atoms with Crippen molar-refractivity contribution < 1.29 is 4.74 Å². The van der Waals surface area contributed by atoms with E-state index in [9.17, 15) is 0 Å². The third kappa shape index (κ3) is 2.63. The quantitative estimate of drug-likeness (QED) is 0.874. The number of hydrogen-bond acceptors (Lipinski definition) is 4.